The summed E-state index contributed by atoms with van der Waals surface area (Å²) < 4.78 is 0. The van der Waals surface area contributed by atoms with Crippen LogP contribution in [0, 0.1) is 0 Å². The molecule has 1 aromatic carbocycles. The van der Waals surface area contributed by atoms with E-state index in [1.54, 1.807) is 0 Å². The second-order valence-electron chi connectivity index (χ2n) is 3.15. The van der Waals surface area contributed by atoms with Gasteiger partial charge >= 0.3 is 5.97 Å². The van der Waals surface area contributed by atoms with Gasteiger partial charge in [0.25, 0.3) is 0 Å². The highest BCUT2D eigenvalue weighted by molar-refractivity contribution is 6.01. The molecule has 1 aliphatic rings. The van der Waals surface area contributed by atoms with Gasteiger partial charge in [-0.3, -0.25) is 4.99 Å². The Bertz CT molecular complexity index is 435. The molecule has 2 N–H and O–H groups in total. The molecule has 0 saturated carbocycles. The molecule has 0 aliphatic carbocycles. The van der Waals surface area contributed by atoms with Gasteiger partial charge in [0.1, 0.15) is 5.84 Å². The number of aliphatic imine (C=N–C) groups is 1. The lowest BCUT2D eigenvalue weighted by molar-refractivity contribution is -0.132. The molecule has 0 unspecified atom stereocenters. The number of aliphatic carboxylic acids is 1. The van der Waals surface area contributed by atoms with Crippen LogP contribution in [0.5, 0.6) is 0 Å². The molecule has 0 spiro atoms. The zero-order valence-electron chi connectivity index (χ0n) is 7.97. The number of carbonyl (C=O) groups is 1. The number of amidine groups is 1. The number of carboxylic acids is 1. The fourth-order valence-electron chi connectivity index (χ4n) is 1.31. The van der Waals surface area contributed by atoms with Crippen molar-refractivity contribution in [2.45, 2.75) is 0 Å². The number of rotatable bonds is 2. The lowest BCUT2D eigenvalue weighted by Gasteiger charge is -2.12. The molecular formula is C11H10N2O2. The smallest absolute Gasteiger partial charge is 0.334 e. The summed E-state index contributed by atoms with van der Waals surface area (Å²) in [6, 6.07) is 9.59. The van der Waals surface area contributed by atoms with Gasteiger partial charge in [0.15, 0.2) is 0 Å². The minimum atomic E-state index is -0.932. The molecule has 1 aliphatic heterocycles. The molecule has 0 saturated heterocycles. The van der Waals surface area contributed by atoms with Crippen LogP contribution in [-0.4, -0.2) is 23.5 Å². The van der Waals surface area contributed by atoms with Crippen molar-refractivity contribution in [1.29, 1.82) is 0 Å². The second-order valence-corrected chi connectivity index (χ2v) is 3.15. The number of benzene rings is 1. The third kappa shape index (κ3) is 2.04. The van der Waals surface area contributed by atoms with Crippen LogP contribution < -0.4 is 5.32 Å². The van der Waals surface area contributed by atoms with Crippen LogP contribution >= 0.6 is 0 Å². The molecule has 1 aromatic rings. The molecule has 4 heteroatoms. The molecular weight excluding hydrogens is 192 g/mol. The molecule has 0 fully saturated rings. The molecule has 1 heterocycles. The topological polar surface area (TPSA) is 61.7 Å². The van der Waals surface area contributed by atoms with Gasteiger partial charge in [-0.15, -0.1) is 0 Å². The number of hydrogen-bond acceptors (Lipinski definition) is 3. The lowest BCUT2D eigenvalue weighted by atomic mass is 10.2. The van der Waals surface area contributed by atoms with Crippen LogP contribution in [0.2, 0.25) is 0 Å². The van der Waals surface area contributed by atoms with E-state index >= 15 is 0 Å². The average molecular weight is 202 g/mol. The van der Waals surface area contributed by atoms with E-state index in [0.717, 1.165) is 5.56 Å². The van der Waals surface area contributed by atoms with Gasteiger partial charge < -0.3 is 10.4 Å². The molecule has 0 atom stereocenters. The summed E-state index contributed by atoms with van der Waals surface area (Å²) in [6.45, 7) is 0.215. The van der Waals surface area contributed by atoms with Crippen molar-refractivity contribution >= 4 is 11.8 Å². The van der Waals surface area contributed by atoms with Gasteiger partial charge in [0, 0.05) is 11.8 Å². The summed E-state index contributed by atoms with van der Waals surface area (Å²) in [5.41, 5.74) is 1.23. The lowest BCUT2D eigenvalue weighted by Crippen LogP contribution is -2.26. The first-order chi connectivity index (χ1) is 7.27. The minimum Gasteiger partial charge on any atom is -0.478 e. The maximum absolute atomic E-state index is 10.6. The van der Waals surface area contributed by atoms with Crippen LogP contribution in [0.25, 0.3) is 0 Å². The van der Waals surface area contributed by atoms with Gasteiger partial charge in [-0.2, -0.15) is 0 Å². The van der Waals surface area contributed by atoms with E-state index < -0.39 is 5.97 Å². The zero-order valence-corrected chi connectivity index (χ0v) is 7.97. The Balaban J connectivity index is 2.15. The molecule has 15 heavy (non-hydrogen) atoms. The average Bonchev–Trinajstić information content (AvgIpc) is 2.30. The van der Waals surface area contributed by atoms with Gasteiger partial charge in [-0.25, -0.2) is 4.79 Å². The first-order valence-electron chi connectivity index (χ1n) is 4.56. The van der Waals surface area contributed by atoms with Crippen molar-refractivity contribution in [3.63, 3.8) is 0 Å². The summed E-state index contributed by atoms with van der Waals surface area (Å²) in [4.78, 5) is 14.8. The van der Waals surface area contributed by atoms with Crippen molar-refractivity contribution in [2.75, 3.05) is 6.54 Å². The van der Waals surface area contributed by atoms with E-state index in [1.165, 1.54) is 6.20 Å². The highest BCUT2D eigenvalue weighted by Crippen LogP contribution is 2.05. The highest BCUT2D eigenvalue weighted by atomic mass is 16.4. The highest BCUT2D eigenvalue weighted by Gasteiger charge is 2.12. The monoisotopic (exact) mass is 202 g/mol. The predicted molar refractivity (Wildman–Crippen MR) is 56.7 cm³/mol. The van der Waals surface area contributed by atoms with Gasteiger partial charge in [0.2, 0.25) is 0 Å². The van der Waals surface area contributed by atoms with Gasteiger partial charge in [0.05, 0.1) is 12.1 Å². The second kappa shape index (κ2) is 3.96. The summed E-state index contributed by atoms with van der Waals surface area (Å²) in [5.74, 6) is -0.223. The fourth-order valence-corrected chi connectivity index (χ4v) is 1.31. The van der Waals surface area contributed by atoms with Crippen LogP contribution in [0.3, 0.4) is 0 Å². The Morgan fingerprint density at radius 3 is 2.60 bits per heavy atom. The summed E-state index contributed by atoms with van der Waals surface area (Å²) in [6.07, 6.45) is 1.48. The normalized spacial score (nSPS) is 14.9. The Morgan fingerprint density at radius 1 is 1.33 bits per heavy atom. The molecule has 4 nitrogen and oxygen atoms in total. The Hall–Kier alpha value is -2.10. The largest absolute Gasteiger partial charge is 0.478 e. The van der Waals surface area contributed by atoms with E-state index in [0.29, 0.717) is 5.84 Å². The third-order valence-electron chi connectivity index (χ3n) is 2.11. The van der Waals surface area contributed by atoms with Crippen molar-refractivity contribution < 1.29 is 9.90 Å². The Labute approximate surface area is 87.0 Å². The molecule has 76 valence electrons. The van der Waals surface area contributed by atoms with Crippen molar-refractivity contribution in [3.8, 4) is 0 Å². The summed E-state index contributed by atoms with van der Waals surface area (Å²) in [7, 11) is 0. The molecule has 2 rings (SSSR count). The van der Waals surface area contributed by atoms with Crippen molar-refractivity contribution in [1.82, 2.24) is 5.32 Å². The predicted octanol–water partition coefficient (Wildman–Crippen LogP) is 1.00. The summed E-state index contributed by atoms with van der Waals surface area (Å²) in [5, 5.41) is 11.6. The SMILES string of the molecule is O=C(O)C1=CNC(c2ccccc2)=NC1. The molecule has 0 radical (unpaired) electrons. The number of nitrogens with zero attached hydrogens (tertiary/aromatic N) is 1. The minimum absolute atomic E-state index is 0.215. The van der Waals surface area contributed by atoms with Crippen LogP contribution in [0.1, 0.15) is 5.56 Å². The first kappa shape index (κ1) is 9.45. The maximum Gasteiger partial charge on any atom is 0.334 e. The number of nitrogens with one attached hydrogen (secondary N) is 1. The summed E-state index contributed by atoms with van der Waals surface area (Å²) >= 11 is 0. The van der Waals surface area contributed by atoms with E-state index in [2.05, 4.69) is 10.3 Å². The zero-order chi connectivity index (χ0) is 10.7. The van der Waals surface area contributed by atoms with Crippen molar-refractivity contribution in [3.05, 3.63) is 47.7 Å². The Morgan fingerprint density at radius 2 is 2.07 bits per heavy atom. The third-order valence-corrected chi connectivity index (χ3v) is 2.11. The molecule has 0 aromatic heterocycles. The van der Waals surface area contributed by atoms with Gasteiger partial charge in [-0.1, -0.05) is 30.3 Å². The van der Waals surface area contributed by atoms with Crippen molar-refractivity contribution in [2.24, 2.45) is 4.99 Å². The molecule has 0 amide bonds. The first-order valence-corrected chi connectivity index (χ1v) is 4.56. The quantitative estimate of drug-likeness (QED) is 0.752. The van der Waals surface area contributed by atoms with E-state index in [4.69, 9.17) is 5.11 Å². The number of carboxylic acid groups (broad SMARTS) is 1. The van der Waals surface area contributed by atoms with Gasteiger partial charge in [-0.05, 0) is 0 Å². The van der Waals surface area contributed by atoms with E-state index in [9.17, 15) is 4.79 Å². The molecule has 0 bridgehead atoms. The van der Waals surface area contributed by atoms with Crippen LogP contribution in [0.15, 0.2) is 47.1 Å². The van der Waals surface area contributed by atoms with E-state index in [1.807, 2.05) is 30.3 Å². The maximum atomic E-state index is 10.6. The van der Waals surface area contributed by atoms with Crippen LogP contribution in [0.4, 0.5) is 0 Å². The Kier molecular flexibility index (Phi) is 2.49. The fraction of sp³-hybridized carbons (Fsp3) is 0.0909. The standard InChI is InChI=1S/C11H10N2O2/c14-11(15)9-6-12-10(13-7-9)8-4-2-1-3-5-8/h1-6H,7H2,(H,12,13)(H,14,15). The van der Waals surface area contributed by atoms with E-state index in [-0.39, 0.29) is 12.1 Å². The number of hydrogen-bond donors (Lipinski definition) is 2. The van der Waals surface area contributed by atoms with Crippen LogP contribution in [-0.2, 0) is 4.79 Å².